The summed E-state index contributed by atoms with van der Waals surface area (Å²) >= 11 is 1.09. The molecular weight excluding hydrogens is 525 g/mol. The fraction of sp³-hybridized carbons (Fsp3) is 0.750. The van der Waals surface area contributed by atoms with Crippen LogP contribution in [0.15, 0.2) is 6.07 Å². The first-order chi connectivity index (χ1) is 17.4. The molecule has 0 bridgehead atoms. The van der Waals surface area contributed by atoms with Crippen LogP contribution in [-0.4, -0.2) is 81.5 Å². The highest BCUT2D eigenvalue weighted by atomic mass is 32.2. The molecule has 13 heteroatoms. The lowest BCUT2D eigenvalue weighted by Gasteiger charge is -2.32. The molecule has 2 N–H and O–H groups in total. The molecule has 0 amide bonds. The van der Waals surface area contributed by atoms with Gasteiger partial charge in [-0.15, -0.1) is 11.3 Å². The number of thiophene rings is 1. The Morgan fingerprint density at radius 1 is 1.14 bits per heavy atom. The van der Waals surface area contributed by atoms with Crippen molar-refractivity contribution in [1.82, 2.24) is 19.6 Å². The number of hydrogen-bond acceptors (Lipinski definition) is 8. The first-order valence-electron chi connectivity index (χ1n) is 12.9. The summed E-state index contributed by atoms with van der Waals surface area (Å²) in [6.07, 6.45) is 2.00. The second-order valence-corrected chi connectivity index (χ2v) is 14.0. The quantitative estimate of drug-likeness (QED) is 0.532. The van der Waals surface area contributed by atoms with E-state index in [9.17, 15) is 21.6 Å². The molecule has 3 aliphatic rings. The van der Waals surface area contributed by atoms with E-state index in [-0.39, 0.29) is 16.3 Å². The van der Waals surface area contributed by atoms with Crippen LogP contribution in [0.2, 0.25) is 0 Å². The summed E-state index contributed by atoms with van der Waals surface area (Å²) < 4.78 is 64.8. The Labute approximate surface area is 220 Å². The molecular formula is C24H35F3N6O2S2. The molecule has 1 atom stereocenters. The van der Waals surface area contributed by atoms with Gasteiger partial charge in [0.05, 0.1) is 18.1 Å². The van der Waals surface area contributed by atoms with Gasteiger partial charge < -0.3 is 15.1 Å². The Bertz CT molecular complexity index is 1230. The van der Waals surface area contributed by atoms with Crippen molar-refractivity contribution in [2.45, 2.75) is 57.2 Å². The van der Waals surface area contributed by atoms with Gasteiger partial charge in [-0.25, -0.2) is 18.1 Å². The molecule has 8 nitrogen and oxygen atoms in total. The standard InChI is InChI=1S/C24H35F3N6O2S2/c1-28-22-29-20(19-11-18(12-24(25,26)27)36-21(19)30-22)33-10-8-23(15-33)7-9-32(14-23)13-16-3-5-17(6-4-16)31-37(2,34)35/h11,16-17,31H,3-10,12-15H2,1-2H3,(H,28,29,30)/t16-,17-,23?. The molecule has 206 valence electrons. The summed E-state index contributed by atoms with van der Waals surface area (Å²) in [5.74, 6) is 1.74. The fourth-order valence-corrected chi connectivity index (χ4v) is 8.25. The molecule has 37 heavy (non-hydrogen) atoms. The van der Waals surface area contributed by atoms with Crippen LogP contribution >= 0.6 is 11.3 Å². The van der Waals surface area contributed by atoms with Gasteiger partial charge >= 0.3 is 6.18 Å². The highest BCUT2D eigenvalue weighted by Gasteiger charge is 2.44. The van der Waals surface area contributed by atoms with Crippen molar-refractivity contribution in [2.24, 2.45) is 11.3 Å². The molecule has 2 aromatic rings. The van der Waals surface area contributed by atoms with Gasteiger partial charge in [0.25, 0.3) is 0 Å². The third-order valence-electron chi connectivity index (χ3n) is 8.02. The number of nitrogens with zero attached hydrogens (tertiary/aromatic N) is 4. The molecule has 0 radical (unpaired) electrons. The molecule has 1 spiro atoms. The first-order valence-corrected chi connectivity index (χ1v) is 15.6. The fourth-order valence-electron chi connectivity index (χ4n) is 6.36. The molecule has 2 aliphatic heterocycles. The third kappa shape index (κ3) is 6.48. The summed E-state index contributed by atoms with van der Waals surface area (Å²) in [5.41, 5.74) is 0.164. The Hall–Kier alpha value is -1.70. The lowest BCUT2D eigenvalue weighted by Crippen LogP contribution is -2.39. The Kier molecular flexibility index (Phi) is 7.36. The van der Waals surface area contributed by atoms with Gasteiger partial charge in [0.15, 0.2) is 0 Å². The molecule has 4 heterocycles. The van der Waals surface area contributed by atoms with Crippen LogP contribution in [0.1, 0.15) is 43.4 Å². The zero-order chi connectivity index (χ0) is 26.4. The van der Waals surface area contributed by atoms with E-state index in [1.807, 2.05) is 0 Å². The minimum absolute atomic E-state index is 0.0560. The zero-order valence-corrected chi connectivity index (χ0v) is 22.9. The summed E-state index contributed by atoms with van der Waals surface area (Å²) in [5, 5.41) is 3.66. The lowest BCUT2D eigenvalue weighted by atomic mass is 9.85. The number of fused-ring (bicyclic) bond motifs is 1. The van der Waals surface area contributed by atoms with Gasteiger partial charge in [0.1, 0.15) is 10.6 Å². The van der Waals surface area contributed by atoms with Gasteiger partial charge in [-0.1, -0.05) is 0 Å². The molecule has 5 rings (SSSR count). The van der Waals surface area contributed by atoms with E-state index in [1.54, 1.807) is 13.1 Å². The summed E-state index contributed by atoms with van der Waals surface area (Å²) in [6, 6.07) is 1.67. The monoisotopic (exact) mass is 560 g/mol. The first kappa shape index (κ1) is 26.9. The number of aromatic nitrogens is 2. The van der Waals surface area contributed by atoms with Crippen LogP contribution in [-0.2, 0) is 16.4 Å². The molecule has 1 saturated carbocycles. The lowest BCUT2D eigenvalue weighted by molar-refractivity contribution is -0.126. The topological polar surface area (TPSA) is 90.5 Å². The number of anilines is 2. The summed E-state index contributed by atoms with van der Waals surface area (Å²) in [6.45, 7) is 4.77. The van der Waals surface area contributed by atoms with Crippen molar-refractivity contribution in [3.8, 4) is 0 Å². The van der Waals surface area contributed by atoms with E-state index in [2.05, 4.69) is 29.8 Å². The number of hydrogen-bond donors (Lipinski definition) is 2. The summed E-state index contributed by atoms with van der Waals surface area (Å²) in [7, 11) is -1.44. The molecule has 2 saturated heterocycles. The number of nitrogens with one attached hydrogen (secondary N) is 2. The van der Waals surface area contributed by atoms with E-state index in [0.29, 0.717) is 22.1 Å². The van der Waals surface area contributed by atoms with Crippen molar-refractivity contribution in [3.05, 3.63) is 10.9 Å². The molecule has 1 aliphatic carbocycles. The SMILES string of the molecule is CNc1nc(N2CCC3(CCN(C[C@H]4CC[C@H](NS(C)(=O)=O)CC4)C3)C2)c2cc(CC(F)(F)F)sc2n1. The zero-order valence-electron chi connectivity index (χ0n) is 21.3. The van der Waals surface area contributed by atoms with Crippen LogP contribution in [0.3, 0.4) is 0 Å². The van der Waals surface area contributed by atoms with E-state index in [1.165, 1.54) is 6.26 Å². The van der Waals surface area contributed by atoms with Crippen molar-refractivity contribution >= 4 is 43.3 Å². The molecule has 3 fully saturated rings. The Balaban J connectivity index is 1.23. The van der Waals surface area contributed by atoms with Gasteiger partial charge in [-0.3, -0.25) is 0 Å². The summed E-state index contributed by atoms with van der Waals surface area (Å²) in [4.78, 5) is 14.7. The van der Waals surface area contributed by atoms with Gasteiger partial charge in [-0.05, 0) is 57.1 Å². The van der Waals surface area contributed by atoms with Crippen molar-refractivity contribution in [2.75, 3.05) is 56.2 Å². The maximum absolute atomic E-state index is 13.0. The average molecular weight is 561 g/mol. The number of alkyl halides is 3. The number of halogens is 3. The molecule has 0 aromatic carbocycles. The predicted molar refractivity (Wildman–Crippen MR) is 141 cm³/mol. The van der Waals surface area contributed by atoms with Gasteiger partial charge in [0, 0.05) is 49.6 Å². The van der Waals surface area contributed by atoms with E-state index < -0.39 is 22.6 Å². The van der Waals surface area contributed by atoms with E-state index in [4.69, 9.17) is 0 Å². The Morgan fingerprint density at radius 2 is 1.86 bits per heavy atom. The minimum Gasteiger partial charge on any atom is -0.357 e. The average Bonchev–Trinajstić information content (AvgIpc) is 3.51. The van der Waals surface area contributed by atoms with E-state index >= 15 is 0 Å². The van der Waals surface area contributed by atoms with Gasteiger partial charge in [0.2, 0.25) is 16.0 Å². The van der Waals surface area contributed by atoms with Crippen LogP contribution in [0, 0.1) is 11.3 Å². The number of sulfonamides is 1. The van der Waals surface area contributed by atoms with Crippen LogP contribution in [0.4, 0.5) is 24.9 Å². The Morgan fingerprint density at radius 3 is 2.54 bits per heavy atom. The van der Waals surface area contributed by atoms with Crippen molar-refractivity contribution < 1.29 is 21.6 Å². The largest absolute Gasteiger partial charge is 0.393 e. The number of likely N-dealkylation sites (tertiary alicyclic amines) is 1. The highest BCUT2D eigenvalue weighted by molar-refractivity contribution is 7.88. The normalized spacial score (nSPS) is 27.5. The minimum atomic E-state index is -4.26. The van der Waals surface area contributed by atoms with Crippen molar-refractivity contribution in [3.63, 3.8) is 0 Å². The predicted octanol–water partition coefficient (Wildman–Crippen LogP) is 3.85. The smallest absolute Gasteiger partial charge is 0.357 e. The number of rotatable bonds is 7. The molecule has 1 unspecified atom stereocenters. The van der Waals surface area contributed by atoms with E-state index in [0.717, 1.165) is 88.4 Å². The maximum atomic E-state index is 13.0. The third-order valence-corrected chi connectivity index (χ3v) is 9.81. The van der Waals surface area contributed by atoms with Gasteiger partial charge in [-0.2, -0.15) is 18.2 Å². The second-order valence-electron chi connectivity index (χ2n) is 11.1. The molecule has 2 aromatic heterocycles. The second kappa shape index (κ2) is 10.1. The van der Waals surface area contributed by atoms with Crippen LogP contribution in [0.5, 0.6) is 0 Å². The van der Waals surface area contributed by atoms with Crippen molar-refractivity contribution in [1.29, 1.82) is 0 Å². The highest BCUT2D eigenvalue weighted by Crippen LogP contribution is 2.44. The maximum Gasteiger partial charge on any atom is 0.393 e. The van der Waals surface area contributed by atoms with Crippen LogP contribution in [0.25, 0.3) is 10.2 Å². The van der Waals surface area contributed by atoms with Crippen LogP contribution < -0.4 is 14.9 Å².